The molecule has 0 radical (unpaired) electrons. The summed E-state index contributed by atoms with van der Waals surface area (Å²) in [6.45, 7) is 7.30. The molecule has 1 aliphatic carbocycles. The molecule has 0 aromatic rings. The van der Waals surface area contributed by atoms with Gasteiger partial charge in [0, 0.05) is 18.7 Å². The maximum absolute atomic E-state index is 8.78. The minimum Gasteiger partial charge on any atom is -0.396 e. The van der Waals surface area contributed by atoms with E-state index < -0.39 is 0 Å². The third-order valence-electron chi connectivity index (χ3n) is 3.52. The molecule has 15 heavy (non-hydrogen) atoms. The molecule has 0 bridgehead atoms. The average molecular weight is 213 g/mol. The van der Waals surface area contributed by atoms with Crippen molar-refractivity contribution in [2.75, 3.05) is 6.61 Å². The molecule has 1 rings (SSSR count). The monoisotopic (exact) mass is 213 g/mol. The fraction of sp³-hybridized carbons (Fsp3) is 1.00. The standard InChI is InChI=1S/C13H27NO/c1-11(6-5-9-15)14-12-7-4-8-13(2,3)10-12/h11-12,14-15H,4-10H2,1-3H3/t11-,12-/m0/s1. The summed E-state index contributed by atoms with van der Waals surface area (Å²) in [6.07, 6.45) is 7.37. The number of rotatable bonds is 5. The van der Waals surface area contributed by atoms with Gasteiger partial charge in [-0.3, -0.25) is 0 Å². The van der Waals surface area contributed by atoms with Crippen molar-refractivity contribution < 1.29 is 5.11 Å². The summed E-state index contributed by atoms with van der Waals surface area (Å²) in [5.74, 6) is 0. The van der Waals surface area contributed by atoms with Gasteiger partial charge in [0.15, 0.2) is 0 Å². The number of hydrogen-bond donors (Lipinski definition) is 2. The molecule has 0 saturated heterocycles. The van der Waals surface area contributed by atoms with Crippen molar-refractivity contribution in [2.45, 2.75) is 71.4 Å². The summed E-state index contributed by atoms with van der Waals surface area (Å²) in [6, 6.07) is 1.25. The van der Waals surface area contributed by atoms with Gasteiger partial charge < -0.3 is 10.4 Å². The minimum atomic E-state index is 0.322. The lowest BCUT2D eigenvalue weighted by molar-refractivity contribution is 0.186. The van der Waals surface area contributed by atoms with E-state index in [9.17, 15) is 0 Å². The summed E-state index contributed by atoms with van der Waals surface area (Å²) in [7, 11) is 0. The zero-order valence-corrected chi connectivity index (χ0v) is 10.6. The summed E-state index contributed by atoms with van der Waals surface area (Å²) in [5, 5.41) is 12.5. The topological polar surface area (TPSA) is 32.3 Å². The lowest BCUT2D eigenvalue weighted by Crippen LogP contribution is -2.41. The highest BCUT2D eigenvalue weighted by atomic mass is 16.2. The second kappa shape index (κ2) is 5.86. The van der Waals surface area contributed by atoms with Crippen molar-refractivity contribution in [3.8, 4) is 0 Å². The van der Waals surface area contributed by atoms with Gasteiger partial charge in [0.2, 0.25) is 0 Å². The minimum absolute atomic E-state index is 0.322. The smallest absolute Gasteiger partial charge is 0.0431 e. The molecule has 2 atom stereocenters. The van der Waals surface area contributed by atoms with Crippen molar-refractivity contribution in [2.24, 2.45) is 5.41 Å². The van der Waals surface area contributed by atoms with Gasteiger partial charge in [0.05, 0.1) is 0 Å². The van der Waals surface area contributed by atoms with Crippen LogP contribution in [0.15, 0.2) is 0 Å². The van der Waals surface area contributed by atoms with Gasteiger partial charge in [0.1, 0.15) is 0 Å². The quantitative estimate of drug-likeness (QED) is 0.736. The molecule has 90 valence electrons. The second-order valence-corrected chi connectivity index (χ2v) is 5.89. The van der Waals surface area contributed by atoms with Crippen LogP contribution in [0.1, 0.15) is 59.3 Å². The maximum atomic E-state index is 8.78. The first-order chi connectivity index (χ1) is 7.03. The van der Waals surface area contributed by atoms with E-state index >= 15 is 0 Å². The van der Waals surface area contributed by atoms with Crippen molar-refractivity contribution in [1.29, 1.82) is 0 Å². The molecule has 0 amide bonds. The van der Waals surface area contributed by atoms with Crippen LogP contribution in [0.5, 0.6) is 0 Å². The number of aliphatic hydroxyl groups excluding tert-OH is 1. The Hall–Kier alpha value is -0.0800. The van der Waals surface area contributed by atoms with E-state index in [2.05, 4.69) is 26.1 Å². The van der Waals surface area contributed by atoms with Crippen LogP contribution in [0, 0.1) is 5.41 Å². The zero-order chi connectivity index (χ0) is 11.3. The Morgan fingerprint density at radius 3 is 2.80 bits per heavy atom. The van der Waals surface area contributed by atoms with Crippen LogP contribution in [-0.2, 0) is 0 Å². The van der Waals surface area contributed by atoms with Crippen LogP contribution >= 0.6 is 0 Å². The van der Waals surface area contributed by atoms with Crippen LogP contribution in [-0.4, -0.2) is 23.8 Å². The number of nitrogens with one attached hydrogen (secondary N) is 1. The Balaban J connectivity index is 2.25. The van der Waals surface area contributed by atoms with E-state index in [-0.39, 0.29) is 0 Å². The molecule has 2 nitrogen and oxygen atoms in total. The molecule has 0 heterocycles. The largest absolute Gasteiger partial charge is 0.396 e. The van der Waals surface area contributed by atoms with Gasteiger partial charge in [-0.05, 0) is 44.4 Å². The first-order valence-corrected chi connectivity index (χ1v) is 6.40. The zero-order valence-electron chi connectivity index (χ0n) is 10.6. The van der Waals surface area contributed by atoms with Crippen molar-refractivity contribution in [3.05, 3.63) is 0 Å². The molecule has 1 fully saturated rings. The van der Waals surface area contributed by atoms with Crippen molar-refractivity contribution >= 4 is 0 Å². The van der Waals surface area contributed by atoms with Crippen molar-refractivity contribution in [3.63, 3.8) is 0 Å². The van der Waals surface area contributed by atoms with Gasteiger partial charge in [-0.15, -0.1) is 0 Å². The Kier molecular flexibility index (Phi) is 5.07. The number of aliphatic hydroxyl groups is 1. The molecule has 0 aromatic carbocycles. The van der Waals surface area contributed by atoms with Gasteiger partial charge in [-0.25, -0.2) is 0 Å². The summed E-state index contributed by atoms with van der Waals surface area (Å²) in [4.78, 5) is 0. The van der Waals surface area contributed by atoms with Gasteiger partial charge >= 0.3 is 0 Å². The molecule has 2 N–H and O–H groups in total. The average Bonchev–Trinajstić information content (AvgIpc) is 2.13. The molecule has 0 aliphatic heterocycles. The third kappa shape index (κ3) is 4.98. The highest BCUT2D eigenvalue weighted by Gasteiger charge is 2.28. The predicted molar refractivity (Wildman–Crippen MR) is 65.0 cm³/mol. The first-order valence-electron chi connectivity index (χ1n) is 6.40. The fourth-order valence-corrected chi connectivity index (χ4v) is 2.72. The highest BCUT2D eigenvalue weighted by molar-refractivity contribution is 4.84. The van der Waals surface area contributed by atoms with Crippen LogP contribution < -0.4 is 5.32 Å². The predicted octanol–water partition coefficient (Wildman–Crippen LogP) is 2.71. The van der Waals surface area contributed by atoms with E-state index in [1.807, 2.05) is 0 Å². The Morgan fingerprint density at radius 1 is 1.47 bits per heavy atom. The van der Waals surface area contributed by atoms with Gasteiger partial charge in [-0.1, -0.05) is 20.3 Å². The summed E-state index contributed by atoms with van der Waals surface area (Å²) < 4.78 is 0. The number of hydrogen-bond acceptors (Lipinski definition) is 2. The Labute approximate surface area is 94.5 Å². The van der Waals surface area contributed by atoms with Crippen LogP contribution in [0.3, 0.4) is 0 Å². The molecule has 0 unspecified atom stereocenters. The van der Waals surface area contributed by atoms with E-state index in [0.29, 0.717) is 24.1 Å². The van der Waals surface area contributed by atoms with E-state index in [4.69, 9.17) is 5.11 Å². The summed E-state index contributed by atoms with van der Waals surface area (Å²) >= 11 is 0. The molecule has 0 spiro atoms. The normalized spacial score (nSPS) is 27.6. The van der Waals surface area contributed by atoms with Gasteiger partial charge in [-0.2, -0.15) is 0 Å². The van der Waals surface area contributed by atoms with Crippen molar-refractivity contribution in [1.82, 2.24) is 5.32 Å². The van der Waals surface area contributed by atoms with Gasteiger partial charge in [0.25, 0.3) is 0 Å². The lowest BCUT2D eigenvalue weighted by atomic mass is 9.75. The maximum Gasteiger partial charge on any atom is 0.0431 e. The lowest BCUT2D eigenvalue weighted by Gasteiger charge is -2.37. The fourth-order valence-electron chi connectivity index (χ4n) is 2.72. The molecule has 1 aliphatic rings. The van der Waals surface area contributed by atoms with E-state index in [1.165, 1.54) is 25.7 Å². The highest BCUT2D eigenvalue weighted by Crippen LogP contribution is 2.35. The summed E-state index contributed by atoms with van der Waals surface area (Å²) in [5.41, 5.74) is 0.520. The van der Waals surface area contributed by atoms with Crippen LogP contribution in [0.2, 0.25) is 0 Å². The van der Waals surface area contributed by atoms with E-state index in [0.717, 1.165) is 12.8 Å². The molecule has 1 saturated carbocycles. The van der Waals surface area contributed by atoms with Crippen LogP contribution in [0.25, 0.3) is 0 Å². The molecule has 0 aromatic heterocycles. The molecular weight excluding hydrogens is 186 g/mol. The third-order valence-corrected chi connectivity index (χ3v) is 3.52. The second-order valence-electron chi connectivity index (χ2n) is 5.89. The molecule has 2 heteroatoms. The Bertz CT molecular complexity index is 179. The SMILES string of the molecule is C[C@@H](CCCO)N[C@H]1CCCC(C)(C)C1. The van der Waals surface area contributed by atoms with Crippen LogP contribution in [0.4, 0.5) is 0 Å². The molecular formula is C13H27NO. The Morgan fingerprint density at radius 2 is 2.20 bits per heavy atom. The van der Waals surface area contributed by atoms with E-state index in [1.54, 1.807) is 0 Å². The first kappa shape index (κ1) is 13.0.